The number of aliphatic carboxylic acids is 1. The minimum Gasteiger partial charge on any atom is -0.475 e. The number of carbonyl (C=O) groups is 1. The molecule has 0 fully saturated rings. The number of rotatable bonds is 4. The average molecular weight is 531 g/mol. The molecule has 0 saturated carbocycles. The number of hydrogen-bond acceptors (Lipinski definition) is 6. The van der Waals surface area contributed by atoms with Gasteiger partial charge in [0.25, 0.3) is 10.0 Å². The van der Waals surface area contributed by atoms with Crippen molar-refractivity contribution >= 4 is 56.6 Å². The number of benzene rings is 3. The van der Waals surface area contributed by atoms with Crippen LogP contribution in [0.1, 0.15) is 11.5 Å². The number of halogens is 2. The molecule has 3 aromatic carbocycles. The van der Waals surface area contributed by atoms with Gasteiger partial charge in [-0.25, -0.2) is 22.5 Å². The lowest BCUT2D eigenvalue weighted by Gasteiger charge is -2.24. The van der Waals surface area contributed by atoms with Crippen LogP contribution in [0.4, 0.5) is 5.69 Å². The number of carboxylic acid groups (broad SMARTS) is 1. The zero-order valence-corrected chi connectivity index (χ0v) is 20.7. The van der Waals surface area contributed by atoms with E-state index in [1.165, 1.54) is 48.5 Å². The second-order valence-electron chi connectivity index (χ2n) is 7.70. The van der Waals surface area contributed by atoms with Crippen LogP contribution in [0.25, 0.3) is 0 Å². The molecule has 0 saturated heterocycles. The van der Waals surface area contributed by atoms with Crippen molar-refractivity contribution in [3.63, 3.8) is 0 Å². The molecule has 1 aliphatic rings. The van der Waals surface area contributed by atoms with E-state index in [4.69, 9.17) is 23.2 Å². The summed E-state index contributed by atoms with van der Waals surface area (Å²) in [5, 5.41) is 16.8. The van der Waals surface area contributed by atoms with Crippen LogP contribution in [0, 0.1) is 0 Å². The molecule has 180 valence electrons. The summed E-state index contributed by atoms with van der Waals surface area (Å²) in [4.78, 5) is 16.6. The summed E-state index contributed by atoms with van der Waals surface area (Å²) in [7, 11) is -2.68. The first-order chi connectivity index (χ1) is 16.7. The molecule has 8 nitrogen and oxygen atoms in total. The number of carboxylic acids is 1. The van der Waals surface area contributed by atoms with Crippen molar-refractivity contribution in [2.75, 3.05) is 17.9 Å². The number of hydrogen-bond donors (Lipinski definition) is 1. The zero-order valence-electron chi connectivity index (χ0n) is 18.4. The van der Waals surface area contributed by atoms with Gasteiger partial charge in [-0.05, 0) is 54.1 Å². The van der Waals surface area contributed by atoms with Gasteiger partial charge in [0.15, 0.2) is 5.84 Å². The Balaban J connectivity index is 1.89. The van der Waals surface area contributed by atoms with Crippen LogP contribution in [-0.2, 0) is 14.8 Å². The number of likely N-dealkylation sites (N-methyl/N-ethyl adjacent to an activating group) is 1. The Morgan fingerprint density at radius 1 is 1.00 bits per heavy atom. The van der Waals surface area contributed by atoms with E-state index < -0.39 is 21.8 Å². The highest BCUT2D eigenvalue weighted by Crippen LogP contribution is 2.29. The fourth-order valence-corrected chi connectivity index (χ4v) is 5.31. The summed E-state index contributed by atoms with van der Waals surface area (Å²) in [5.41, 5.74) is 0.927. The fourth-order valence-electron chi connectivity index (χ4n) is 3.62. The maximum atomic E-state index is 13.7. The molecular formula is C24H20Cl2N4O4S. The number of sulfonamides is 1. The van der Waals surface area contributed by atoms with Crippen molar-refractivity contribution in [2.24, 2.45) is 10.1 Å². The SMILES string of the molecule is CN1CC(c2ccccc2)C(N=C(C(=O)O)N(c2ccc(Cl)cc2)S(=O)(=O)c2ccc(Cl)cc2)=N1. The highest BCUT2D eigenvalue weighted by Gasteiger charge is 2.36. The van der Waals surface area contributed by atoms with Gasteiger partial charge in [0, 0.05) is 23.6 Å². The molecule has 1 atom stereocenters. The van der Waals surface area contributed by atoms with Crippen LogP contribution < -0.4 is 4.31 Å². The lowest BCUT2D eigenvalue weighted by atomic mass is 9.99. The van der Waals surface area contributed by atoms with E-state index in [-0.39, 0.29) is 22.3 Å². The van der Waals surface area contributed by atoms with Crippen LogP contribution in [-0.4, -0.2) is 49.8 Å². The highest BCUT2D eigenvalue weighted by atomic mass is 35.5. The van der Waals surface area contributed by atoms with E-state index in [1.807, 2.05) is 30.3 Å². The third-order valence-corrected chi connectivity index (χ3v) is 7.49. The van der Waals surface area contributed by atoms with Crippen LogP contribution in [0.3, 0.4) is 0 Å². The van der Waals surface area contributed by atoms with E-state index in [0.29, 0.717) is 20.9 Å². The van der Waals surface area contributed by atoms with E-state index in [1.54, 1.807) is 12.1 Å². The van der Waals surface area contributed by atoms with Gasteiger partial charge in [-0.2, -0.15) is 5.10 Å². The maximum absolute atomic E-state index is 13.7. The van der Waals surface area contributed by atoms with Crippen molar-refractivity contribution < 1.29 is 18.3 Å². The molecule has 0 aromatic heterocycles. The molecular weight excluding hydrogens is 511 g/mol. The molecule has 3 aromatic rings. The van der Waals surface area contributed by atoms with E-state index >= 15 is 0 Å². The van der Waals surface area contributed by atoms with Gasteiger partial charge in [0.1, 0.15) is 0 Å². The van der Waals surface area contributed by atoms with Crippen LogP contribution in [0.2, 0.25) is 10.0 Å². The highest BCUT2D eigenvalue weighted by molar-refractivity contribution is 7.93. The quantitative estimate of drug-likeness (QED) is 0.388. The van der Waals surface area contributed by atoms with Gasteiger partial charge < -0.3 is 5.11 Å². The normalized spacial score (nSPS) is 16.2. The van der Waals surface area contributed by atoms with Gasteiger partial charge in [-0.1, -0.05) is 53.5 Å². The van der Waals surface area contributed by atoms with E-state index in [9.17, 15) is 18.3 Å². The number of anilines is 1. The molecule has 1 heterocycles. The first kappa shape index (κ1) is 24.7. The standard InChI is InChI=1S/C24H20Cl2N4O4S/c1-29-15-21(16-5-3-2-4-6-16)22(28-29)27-23(24(31)32)30(19-11-7-17(25)8-12-19)35(33,34)20-13-9-18(26)10-14-20/h2-14,21H,15H2,1H3,(H,31,32). The molecule has 0 amide bonds. The monoisotopic (exact) mass is 530 g/mol. The topological polar surface area (TPSA) is 103 Å². The van der Waals surface area contributed by atoms with E-state index in [0.717, 1.165) is 5.56 Å². The molecule has 1 unspecified atom stereocenters. The fraction of sp³-hybridized carbons (Fsp3) is 0.125. The predicted molar refractivity (Wildman–Crippen MR) is 137 cm³/mol. The number of nitrogens with zero attached hydrogens (tertiary/aromatic N) is 4. The Kier molecular flexibility index (Phi) is 7.11. The van der Waals surface area contributed by atoms with Crippen molar-refractivity contribution in [3.8, 4) is 0 Å². The Hall–Kier alpha value is -3.40. The van der Waals surface area contributed by atoms with Crippen molar-refractivity contribution in [3.05, 3.63) is 94.5 Å². The summed E-state index contributed by atoms with van der Waals surface area (Å²) in [5.74, 6) is -2.43. The summed E-state index contributed by atoms with van der Waals surface area (Å²) in [6, 6.07) is 20.5. The molecule has 35 heavy (non-hydrogen) atoms. The van der Waals surface area contributed by atoms with Gasteiger partial charge in [0.2, 0.25) is 5.84 Å². The molecule has 0 bridgehead atoms. The summed E-state index contributed by atoms with van der Waals surface area (Å²) in [6.45, 7) is 0.459. The second-order valence-corrected chi connectivity index (χ2v) is 10.4. The minimum absolute atomic E-state index is 0.0497. The van der Waals surface area contributed by atoms with Gasteiger partial charge in [-0.3, -0.25) is 5.01 Å². The Labute approximate surface area is 212 Å². The lowest BCUT2D eigenvalue weighted by molar-refractivity contribution is -0.129. The third kappa shape index (κ3) is 5.32. The molecule has 11 heteroatoms. The summed E-state index contributed by atoms with van der Waals surface area (Å²) in [6.07, 6.45) is 0. The Morgan fingerprint density at radius 3 is 2.14 bits per heavy atom. The molecule has 0 radical (unpaired) electrons. The molecule has 1 N–H and O–H groups in total. The largest absolute Gasteiger partial charge is 0.475 e. The first-order valence-electron chi connectivity index (χ1n) is 10.4. The number of aliphatic imine (C=N–C) groups is 1. The van der Waals surface area contributed by atoms with E-state index in [2.05, 4.69) is 10.1 Å². The van der Waals surface area contributed by atoms with Crippen molar-refractivity contribution in [1.29, 1.82) is 0 Å². The smallest absolute Gasteiger partial charge is 0.373 e. The van der Waals surface area contributed by atoms with Crippen LogP contribution in [0.5, 0.6) is 0 Å². The van der Waals surface area contributed by atoms with Crippen LogP contribution >= 0.6 is 23.2 Å². The third-order valence-electron chi connectivity index (χ3n) is 5.25. The zero-order chi connectivity index (χ0) is 25.2. The number of hydrazone groups is 1. The molecule has 1 aliphatic heterocycles. The maximum Gasteiger partial charge on any atom is 0.373 e. The summed E-state index contributed by atoms with van der Waals surface area (Å²) < 4.78 is 28.1. The second kappa shape index (κ2) is 10.1. The average Bonchev–Trinajstić information content (AvgIpc) is 3.20. The molecule has 0 aliphatic carbocycles. The molecule has 4 rings (SSSR count). The van der Waals surface area contributed by atoms with Gasteiger partial charge >= 0.3 is 5.97 Å². The van der Waals surface area contributed by atoms with Gasteiger partial charge in [0.05, 0.1) is 16.5 Å². The van der Waals surface area contributed by atoms with Crippen molar-refractivity contribution in [2.45, 2.75) is 10.8 Å². The lowest BCUT2D eigenvalue weighted by Crippen LogP contribution is -2.42. The summed E-state index contributed by atoms with van der Waals surface area (Å²) >= 11 is 11.9. The Bertz CT molecular complexity index is 1390. The van der Waals surface area contributed by atoms with Crippen LogP contribution in [0.15, 0.2) is 93.9 Å². The Morgan fingerprint density at radius 2 is 1.57 bits per heavy atom. The molecule has 0 spiro atoms. The first-order valence-corrected chi connectivity index (χ1v) is 12.6. The number of amidine groups is 2. The minimum atomic E-state index is -4.41. The predicted octanol–water partition coefficient (Wildman–Crippen LogP) is 4.71. The van der Waals surface area contributed by atoms with Gasteiger partial charge in [-0.15, -0.1) is 0 Å². The van der Waals surface area contributed by atoms with Crippen molar-refractivity contribution in [1.82, 2.24) is 5.01 Å².